The minimum Gasteiger partial charge on any atom is -0.468 e. The zero-order valence-corrected chi connectivity index (χ0v) is 13.2. The van der Waals surface area contributed by atoms with Crippen molar-refractivity contribution in [3.05, 3.63) is 41.6 Å². The summed E-state index contributed by atoms with van der Waals surface area (Å²) in [7, 11) is 0. The molecule has 2 aromatic rings. The van der Waals surface area contributed by atoms with Gasteiger partial charge in [-0.2, -0.15) is 5.10 Å². The molecule has 118 valence electrons. The molecule has 0 N–H and O–H groups in total. The van der Waals surface area contributed by atoms with Gasteiger partial charge in [-0.1, -0.05) is 11.6 Å². The fourth-order valence-corrected chi connectivity index (χ4v) is 2.80. The maximum atomic E-state index is 12.5. The van der Waals surface area contributed by atoms with Crippen molar-refractivity contribution in [2.75, 3.05) is 26.2 Å². The summed E-state index contributed by atoms with van der Waals surface area (Å²) in [6, 6.07) is 3.54. The molecule has 3 heterocycles. The van der Waals surface area contributed by atoms with Crippen molar-refractivity contribution in [1.82, 2.24) is 19.6 Å². The van der Waals surface area contributed by atoms with E-state index in [1.807, 2.05) is 24.0 Å². The first-order valence-corrected chi connectivity index (χ1v) is 7.74. The number of nitrogens with zero attached hydrogens (tertiary/aromatic N) is 4. The van der Waals surface area contributed by atoms with E-state index in [9.17, 15) is 4.79 Å². The summed E-state index contributed by atoms with van der Waals surface area (Å²) >= 11 is 5.86. The number of carbonyl (C=O) groups is 1. The summed E-state index contributed by atoms with van der Waals surface area (Å²) in [5, 5.41) is 4.66. The summed E-state index contributed by atoms with van der Waals surface area (Å²) in [5.74, 6) is 1.04. The maximum Gasteiger partial charge on any atom is 0.247 e. The lowest BCUT2D eigenvalue weighted by atomic mass is 10.2. The Kier molecular flexibility index (Phi) is 4.49. The molecule has 1 aliphatic heterocycles. The van der Waals surface area contributed by atoms with Crippen LogP contribution in [0.2, 0.25) is 5.02 Å². The van der Waals surface area contributed by atoms with Gasteiger partial charge in [0.25, 0.3) is 0 Å². The van der Waals surface area contributed by atoms with Crippen LogP contribution in [0.4, 0.5) is 0 Å². The Hall–Kier alpha value is -1.79. The monoisotopic (exact) mass is 322 g/mol. The van der Waals surface area contributed by atoms with Gasteiger partial charge < -0.3 is 9.32 Å². The number of amides is 1. The van der Waals surface area contributed by atoms with Gasteiger partial charge in [-0.05, 0) is 19.1 Å². The van der Waals surface area contributed by atoms with Gasteiger partial charge in [-0.15, -0.1) is 0 Å². The second-order valence-corrected chi connectivity index (χ2v) is 5.93. The first-order chi connectivity index (χ1) is 10.6. The standard InChI is InChI=1S/C15H19ClN4O2/c1-12(20-10-13(16)9-17-20)15(21)19-6-4-18(5-7-19)11-14-3-2-8-22-14/h2-3,8-10,12H,4-7,11H2,1H3. The summed E-state index contributed by atoms with van der Waals surface area (Å²) < 4.78 is 6.97. The van der Waals surface area contributed by atoms with E-state index < -0.39 is 0 Å². The van der Waals surface area contributed by atoms with Crippen molar-refractivity contribution in [3.63, 3.8) is 0 Å². The third kappa shape index (κ3) is 3.34. The average molecular weight is 323 g/mol. The number of piperazine rings is 1. The van der Waals surface area contributed by atoms with Crippen LogP contribution in [0.3, 0.4) is 0 Å². The molecule has 0 aliphatic carbocycles. The molecule has 6 nitrogen and oxygen atoms in total. The highest BCUT2D eigenvalue weighted by atomic mass is 35.5. The predicted molar refractivity (Wildman–Crippen MR) is 82.5 cm³/mol. The van der Waals surface area contributed by atoms with E-state index in [0.29, 0.717) is 5.02 Å². The minimum absolute atomic E-state index is 0.0809. The summed E-state index contributed by atoms with van der Waals surface area (Å²) in [6.07, 6.45) is 4.91. The van der Waals surface area contributed by atoms with Crippen molar-refractivity contribution in [1.29, 1.82) is 0 Å². The molecule has 0 spiro atoms. The smallest absolute Gasteiger partial charge is 0.247 e. The number of aromatic nitrogens is 2. The number of halogens is 1. The molecule has 0 aromatic carbocycles. The number of carbonyl (C=O) groups excluding carboxylic acids is 1. The molecular weight excluding hydrogens is 304 g/mol. The number of furan rings is 1. The van der Waals surface area contributed by atoms with Crippen molar-refractivity contribution in [2.24, 2.45) is 0 Å². The van der Waals surface area contributed by atoms with Gasteiger partial charge >= 0.3 is 0 Å². The zero-order valence-electron chi connectivity index (χ0n) is 12.5. The van der Waals surface area contributed by atoms with Crippen molar-refractivity contribution in [2.45, 2.75) is 19.5 Å². The normalized spacial score (nSPS) is 17.6. The summed E-state index contributed by atoms with van der Waals surface area (Å²) in [4.78, 5) is 16.7. The molecule has 1 unspecified atom stereocenters. The zero-order chi connectivity index (χ0) is 15.5. The van der Waals surface area contributed by atoms with E-state index in [2.05, 4.69) is 10.00 Å². The van der Waals surface area contributed by atoms with E-state index in [0.717, 1.165) is 38.5 Å². The Morgan fingerprint density at radius 2 is 2.18 bits per heavy atom. The molecule has 1 amide bonds. The fourth-order valence-electron chi connectivity index (χ4n) is 2.65. The first-order valence-electron chi connectivity index (χ1n) is 7.36. The van der Waals surface area contributed by atoms with E-state index in [-0.39, 0.29) is 11.9 Å². The van der Waals surface area contributed by atoms with Crippen molar-refractivity contribution < 1.29 is 9.21 Å². The topological polar surface area (TPSA) is 54.5 Å². The Labute approximate surface area is 134 Å². The fraction of sp³-hybridized carbons (Fsp3) is 0.467. The Balaban J connectivity index is 1.53. The molecule has 3 rings (SSSR count). The molecule has 0 saturated carbocycles. The molecule has 1 atom stereocenters. The Morgan fingerprint density at radius 3 is 2.77 bits per heavy atom. The second-order valence-electron chi connectivity index (χ2n) is 5.50. The highest BCUT2D eigenvalue weighted by Gasteiger charge is 2.26. The van der Waals surface area contributed by atoms with Crippen LogP contribution < -0.4 is 0 Å². The molecule has 1 aliphatic rings. The third-order valence-corrected chi connectivity index (χ3v) is 4.16. The summed E-state index contributed by atoms with van der Waals surface area (Å²) in [6.45, 7) is 5.77. The largest absolute Gasteiger partial charge is 0.468 e. The van der Waals surface area contributed by atoms with Crippen LogP contribution >= 0.6 is 11.6 Å². The van der Waals surface area contributed by atoms with Gasteiger partial charge in [-0.25, -0.2) is 0 Å². The predicted octanol–water partition coefficient (Wildman–Crippen LogP) is 2.03. The average Bonchev–Trinajstić information content (AvgIpc) is 3.18. The van der Waals surface area contributed by atoms with Crippen LogP contribution in [0, 0.1) is 0 Å². The number of hydrogen-bond acceptors (Lipinski definition) is 4. The molecule has 0 radical (unpaired) electrons. The van der Waals surface area contributed by atoms with Gasteiger partial charge in [0.15, 0.2) is 0 Å². The molecule has 1 saturated heterocycles. The van der Waals surface area contributed by atoms with Crippen LogP contribution in [0.1, 0.15) is 18.7 Å². The highest BCUT2D eigenvalue weighted by Crippen LogP contribution is 2.15. The Morgan fingerprint density at radius 1 is 1.41 bits per heavy atom. The van der Waals surface area contributed by atoms with Crippen LogP contribution in [0.15, 0.2) is 35.2 Å². The summed E-state index contributed by atoms with van der Waals surface area (Å²) in [5.41, 5.74) is 0. The maximum absolute atomic E-state index is 12.5. The molecular formula is C15H19ClN4O2. The molecule has 22 heavy (non-hydrogen) atoms. The molecule has 1 fully saturated rings. The van der Waals surface area contributed by atoms with E-state index in [1.165, 1.54) is 0 Å². The van der Waals surface area contributed by atoms with Gasteiger partial charge in [0, 0.05) is 32.4 Å². The van der Waals surface area contributed by atoms with Gasteiger partial charge in [0.05, 0.1) is 24.0 Å². The van der Waals surface area contributed by atoms with E-state index in [1.54, 1.807) is 23.3 Å². The minimum atomic E-state index is -0.330. The van der Waals surface area contributed by atoms with Crippen molar-refractivity contribution in [3.8, 4) is 0 Å². The highest BCUT2D eigenvalue weighted by molar-refractivity contribution is 6.30. The SMILES string of the molecule is CC(C(=O)N1CCN(Cc2ccco2)CC1)n1cc(Cl)cn1. The third-order valence-electron chi connectivity index (χ3n) is 3.97. The van der Waals surface area contributed by atoms with Gasteiger partial charge in [0.2, 0.25) is 5.91 Å². The quantitative estimate of drug-likeness (QED) is 0.864. The Bertz CT molecular complexity index is 617. The number of rotatable bonds is 4. The van der Waals surface area contributed by atoms with Crippen LogP contribution in [0.25, 0.3) is 0 Å². The first kappa shape index (κ1) is 15.1. The van der Waals surface area contributed by atoms with Crippen LogP contribution in [0.5, 0.6) is 0 Å². The molecule has 0 bridgehead atoms. The van der Waals surface area contributed by atoms with Crippen LogP contribution in [-0.4, -0.2) is 51.7 Å². The number of hydrogen-bond donors (Lipinski definition) is 0. The molecule has 7 heteroatoms. The van der Waals surface area contributed by atoms with Crippen LogP contribution in [-0.2, 0) is 11.3 Å². The van der Waals surface area contributed by atoms with E-state index in [4.69, 9.17) is 16.0 Å². The van der Waals surface area contributed by atoms with Crippen molar-refractivity contribution >= 4 is 17.5 Å². The van der Waals surface area contributed by atoms with Gasteiger partial charge in [-0.3, -0.25) is 14.4 Å². The van der Waals surface area contributed by atoms with E-state index >= 15 is 0 Å². The van der Waals surface area contributed by atoms with Gasteiger partial charge in [0.1, 0.15) is 11.8 Å². The lowest BCUT2D eigenvalue weighted by Crippen LogP contribution is -2.49. The lowest BCUT2D eigenvalue weighted by Gasteiger charge is -2.35. The lowest BCUT2D eigenvalue weighted by molar-refractivity contribution is -0.136. The second kappa shape index (κ2) is 6.54. The molecule has 2 aromatic heterocycles.